The Balaban J connectivity index is 2.12. The summed E-state index contributed by atoms with van der Waals surface area (Å²) in [6.07, 6.45) is 1.54. The summed E-state index contributed by atoms with van der Waals surface area (Å²) >= 11 is 6.26. The molecule has 0 spiro atoms. The Kier molecular flexibility index (Phi) is 3.81. The number of carbonyl (C=O) groups excluding carboxylic acids is 1. The number of hydrogen-bond acceptors (Lipinski definition) is 4. The molecule has 1 saturated carbocycles. The van der Waals surface area contributed by atoms with Crippen LogP contribution in [0.15, 0.2) is 15.4 Å². The summed E-state index contributed by atoms with van der Waals surface area (Å²) in [5.74, 6) is 0.176. The third kappa shape index (κ3) is 2.96. The van der Waals surface area contributed by atoms with E-state index in [1.54, 1.807) is 0 Å². The molecule has 18 heavy (non-hydrogen) atoms. The first-order valence-electron chi connectivity index (χ1n) is 5.00. The summed E-state index contributed by atoms with van der Waals surface area (Å²) in [5, 5.41) is 11.4. The summed E-state index contributed by atoms with van der Waals surface area (Å²) in [5.41, 5.74) is 0. The lowest BCUT2D eigenvalue weighted by Gasteiger charge is -2.17. The highest BCUT2D eigenvalue weighted by molar-refractivity contribution is 9.11. The molecule has 1 aliphatic rings. The normalized spacial score (nSPS) is 14.1. The van der Waals surface area contributed by atoms with Crippen molar-refractivity contribution in [1.82, 2.24) is 14.9 Å². The molecule has 0 aromatic carbocycles. The summed E-state index contributed by atoms with van der Waals surface area (Å²) in [6, 6.07) is -0.952. The van der Waals surface area contributed by atoms with Crippen LogP contribution in [0.25, 0.3) is 0 Å². The predicted molar refractivity (Wildman–Crippen MR) is 69.3 cm³/mol. The number of aromatic nitrogens is 2. The molecule has 1 heterocycles. The maximum Gasteiger partial charge on any atom is 0.415 e. The van der Waals surface area contributed by atoms with E-state index in [0.717, 1.165) is 4.90 Å². The van der Waals surface area contributed by atoms with Crippen molar-refractivity contribution in [2.75, 3.05) is 5.32 Å². The van der Waals surface area contributed by atoms with Gasteiger partial charge in [0.15, 0.2) is 5.82 Å². The highest BCUT2D eigenvalue weighted by Gasteiger charge is 2.37. The molecule has 0 atom stereocenters. The lowest BCUT2D eigenvalue weighted by atomic mass is 10.5. The monoisotopic (exact) mass is 378 g/mol. The van der Waals surface area contributed by atoms with Crippen molar-refractivity contribution in [1.29, 1.82) is 0 Å². The molecule has 2 rings (SSSR count). The van der Waals surface area contributed by atoms with Gasteiger partial charge in [0.2, 0.25) is 0 Å². The van der Waals surface area contributed by atoms with Gasteiger partial charge in [-0.05, 0) is 44.7 Å². The van der Waals surface area contributed by atoms with Gasteiger partial charge in [-0.3, -0.25) is 5.32 Å². The van der Waals surface area contributed by atoms with Crippen molar-refractivity contribution in [3.05, 3.63) is 15.4 Å². The summed E-state index contributed by atoms with van der Waals surface area (Å²) in [4.78, 5) is 31.5. The zero-order valence-corrected chi connectivity index (χ0v) is 12.1. The van der Waals surface area contributed by atoms with Gasteiger partial charge in [0.05, 0.1) is 6.20 Å². The van der Waals surface area contributed by atoms with E-state index in [-0.39, 0.29) is 11.9 Å². The molecular weight excluding hydrogens is 372 g/mol. The van der Waals surface area contributed by atoms with Crippen molar-refractivity contribution in [3.63, 3.8) is 0 Å². The molecule has 0 bridgehead atoms. The lowest BCUT2D eigenvalue weighted by Crippen LogP contribution is -2.40. The van der Waals surface area contributed by atoms with Crippen LogP contribution in [0.5, 0.6) is 0 Å². The van der Waals surface area contributed by atoms with E-state index in [9.17, 15) is 9.59 Å². The zero-order valence-electron chi connectivity index (χ0n) is 8.93. The number of urea groups is 1. The first-order valence-corrected chi connectivity index (χ1v) is 6.59. The SMILES string of the molecule is O=C(O)N(C(=O)Nc1ncc(Br)nc1Br)C1CC1. The van der Waals surface area contributed by atoms with Crippen LogP contribution in [0.4, 0.5) is 15.4 Å². The number of carboxylic acid groups (broad SMARTS) is 1. The van der Waals surface area contributed by atoms with E-state index in [0.29, 0.717) is 22.0 Å². The second-order valence-corrected chi connectivity index (χ2v) is 5.21. The standard InChI is InChI=1S/C9H8Br2N4O3/c10-5-3-12-7(6(11)13-5)14-8(16)15(9(17)18)4-1-2-4/h3-4H,1-2H2,(H,17,18)(H,12,14,16). The molecule has 0 aliphatic heterocycles. The van der Waals surface area contributed by atoms with Gasteiger partial charge in [-0.15, -0.1) is 0 Å². The smallest absolute Gasteiger partial charge is 0.415 e. The number of rotatable bonds is 2. The van der Waals surface area contributed by atoms with E-state index in [4.69, 9.17) is 5.11 Å². The van der Waals surface area contributed by atoms with Crippen molar-refractivity contribution < 1.29 is 14.7 Å². The maximum atomic E-state index is 11.8. The third-order valence-electron chi connectivity index (χ3n) is 2.26. The number of carbonyl (C=O) groups is 2. The molecule has 0 unspecified atom stereocenters. The highest BCUT2D eigenvalue weighted by atomic mass is 79.9. The van der Waals surface area contributed by atoms with Gasteiger partial charge in [-0.1, -0.05) is 0 Å². The molecule has 0 radical (unpaired) electrons. The Morgan fingerprint density at radius 1 is 1.44 bits per heavy atom. The number of halogens is 2. The first kappa shape index (κ1) is 13.2. The molecule has 1 aliphatic carbocycles. The Hall–Kier alpha value is -1.22. The number of nitrogens with zero attached hydrogens (tertiary/aromatic N) is 3. The predicted octanol–water partition coefficient (Wildman–Crippen LogP) is 2.68. The van der Waals surface area contributed by atoms with E-state index in [1.165, 1.54) is 6.20 Å². The second-order valence-electron chi connectivity index (χ2n) is 3.65. The molecule has 9 heteroatoms. The molecule has 2 N–H and O–H groups in total. The largest absolute Gasteiger partial charge is 0.465 e. The van der Waals surface area contributed by atoms with Crippen LogP contribution in [0.2, 0.25) is 0 Å². The minimum Gasteiger partial charge on any atom is -0.465 e. The molecular formula is C9H8Br2N4O3. The zero-order chi connectivity index (χ0) is 13.3. The van der Waals surface area contributed by atoms with Crippen LogP contribution in [-0.4, -0.2) is 38.1 Å². The molecule has 0 saturated heterocycles. The number of anilines is 1. The van der Waals surface area contributed by atoms with E-state index in [2.05, 4.69) is 47.1 Å². The average Bonchev–Trinajstić information content (AvgIpc) is 3.06. The fraction of sp³-hybridized carbons (Fsp3) is 0.333. The van der Waals surface area contributed by atoms with Gasteiger partial charge >= 0.3 is 12.1 Å². The quantitative estimate of drug-likeness (QED) is 0.823. The van der Waals surface area contributed by atoms with Crippen LogP contribution in [0.1, 0.15) is 12.8 Å². The summed E-state index contributed by atoms with van der Waals surface area (Å²) < 4.78 is 0.830. The van der Waals surface area contributed by atoms with Crippen molar-refractivity contribution in [2.24, 2.45) is 0 Å². The van der Waals surface area contributed by atoms with Crippen molar-refractivity contribution >= 4 is 49.8 Å². The van der Waals surface area contributed by atoms with Crippen LogP contribution in [0.3, 0.4) is 0 Å². The molecule has 1 aromatic rings. The Morgan fingerprint density at radius 2 is 2.11 bits per heavy atom. The molecule has 1 fully saturated rings. The number of amides is 3. The van der Waals surface area contributed by atoms with Gasteiger partial charge in [0, 0.05) is 6.04 Å². The Labute approximate surface area is 119 Å². The minimum atomic E-state index is -1.27. The third-order valence-corrected chi connectivity index (χ3v) is 3.20. The minimum absolute atomic E-state index is 0.176. The summed E-state index contributed by atoms with van der Waals surface area (Å²) in [7, 11) is 0. The molecule has 1 aromatic heterocycles. The topological polar surface area (TPSA) is 95.4 Å². The van der Waals surface area contributed by atoms with E-state index in [1.807, 2.05) is 0 Å². The molecule has 7 nitrogen and oxygen atoms in total. The van der Waals surface area contributed by atoms with Crippen LogP contribution in [-0.2, 0) is 0 Å². The van der Waals surface area contributed by atoms with Crippen LogP contribution >= 0.6 is 31.9 Å². The lowest BCUT2D eigenvalue weighted by molar-refractivity contribution is 0.150. The first-order chi connectivity index (χ1) is 8.49. The molecule has 3 amide bonds. The number of nitrogens with one attached hydrogen (secondary N) is 1. The fourth-order valence-electron chi connectivity index (χ4n) is 1.33. The fourth-order valence-corrected chi connectivity index (χ4v) is 2.24. The second kappa shape index (κ2) is 5.19. The summed E-state index contributed by atoms with van der Waals surface area (Å²) in [6.45, 7) is 0. The molecule has 96 valence electrons. The van der Waals surface area contributed by atoms with Gasteiger partial charge < -0.3 is 5.11 Å². The van der Waals surface area contributed by atoms with Crippen LogP contribution < -0.4 is 5.32 Å². The average molecular weight is 380 g/mol. The number of imide groups is 1. The Morgan fingerprint density at radius 3 is 2.61 bits per heavy atom. The van der Waals surface area contributed by atoms with E-state index >= 15 is 0 Å². The highest BCUT2D eigenvalue weighted by Crippen LogP contribution is 2.28. The van der Waals surface area contributed by atoms with E-state index < -0.39 is 12.1 Å². The van der Waals surface area contributed by atoms with Crippen LogP contribution in [0, 0.1) is 0 Å². The van der Waals surface area contributed by atoms with Gasteiger partial charge in [-0.2, -0.15) is 0 Å². The van der Waals surface area contributed by atoms with Gasteiger partial charge in [-0.25, -0.2) is 24.5 Å². The van der Waals surface area contributed by atoms with Crippen molar-refractivity contribution in [2.45, 2.75) is 18.9 Å². The number of hydrogen-bond donors (Lipinski definition) is 2. The van der Waals surface area contributed by atoms with Gasteiger partial charge in [0.25, 0.3) is 0 Å². The Bertz CT molecular complexity index is 507. The maximum absolute atomic E-state index is 11.8. The van der Waals surface area contributed by atoms with Crippen molar-refractivity contribution in [3.8, 4) is 0 Å². The van der Waals surface area contributed by atoms with Gasteiger partial charge in [0.1, 0.15) is 9.21 Å².